The largest absolute Gasteiger partial charge is 0.497 e. The molecule has 4 aliphatic rings. The van der Waals surface area contributed by atoms with Gasteiger partial charge in [-0.3, -0.25) is 0 Å². The Morgan fingerprint density at radius 2 is 1.41 bits per heavy atom. The van der Waals surface area contributed by atoms with Crippen molar-refractivity contribution in [3.8, 4) is 11.5 Å². The lowest BCUT2D eigenvalue weighted by molar-refractivity contribution is -0.0142. The lowest BCUT2D eigenvalue weighted by atomic mass is 9.54. The van der Waals surface area contributed by atoms with Gasteiger partial charge in [0, 0.05) is 18.7 Å². The van der Waals surface area contributed by atoms with Gasteiger partial charge in [-0.2, -0.15) is 0 Å². The molecule has 0 aliphatic heterocycles. The van der Waals surface area contributed by atoms with Crippen molar-refractivity contribution in [3.05, 3.63) is 23.8 Å². The van der Waals surface area contributed by atoms with Crippen molar-refractivity contribution in [2.75, 3.05) is 14.2 Å². The van der Waals surface area contributed by atoms with Gasteiger partial charge in [0.25, 0.3) is 0 Å². The fourth-order valence-corrected chi connectivity index (χ4v) is 5.46. The summed E-state index contributed by atoms with van der Waals surface area (Å²) in [6.07, 6.45) is 7.38. The molecule has 0 radical (unpaired) electrons. The molecule has 22 heavy (non-hydrogen) atoms. The summed E-state index contributed by atoms with van der Waals surface area (Å²) in [5.74, 6) is 5.67. The van der Waals surface area contributed by atoms with Crippen LogP contribution in [0.3, 0.4) is 0 Å². The minimum atomic E-state index is 0.727. The van der Waals surface area contributed by atoms with E-state index in [2.05, 4.69) is 17.4 Å². The third kappa shape index (κ3) is 2.60. The Morgan fingerprint density at radius 1 is 0.864 bits per heavy atom. The minimum Gasteiger partial charge on any atom is -0.497 e. The monoisotopic (exact) mass is 301 g/mol. The van der Waals surface area contributed by atoms with Gasteiger partial charge in [-0.05, 0) is 73.5 Å². The number of hydrogen-bond acceptors (Lipinski definition) is 3. The molecule has 1 aromatic carbocycles. The van der Waals surface area contributed by atoms with Crippen molar-refractivity contribution in [2.24, 2.45) is 23.7 Å². The zero-order valence-electron chi connectivity index (χ0n) is 13.7. The van der Waals surface area contributed by atoms with E-state index in [-0.39, 0.29) is 0 Å². The van der Waals surface area contributed by atoms with Crippen molar-refractivity contribution in [1.82, 2.24) is 5.32 Å². The molecule has 120 valence electrons. The fraction of sp³-hybridized carbons (Fsp3) is 0.684. The Bertz CT molecular complexity index is 492. The summed E-state index contributed by atoms with van der Waals surface area (Å²) >= 11 is 0. The van der Waals surface area contributed by atoms with E-state index in [0.717, 1.165) is 47.8 Å². The fourth-order valence-electron chi connectivity index (χ4n) is 5.46. The Kier molecular flexibility index (Phi) is 3.77. The molecule has 0 spiro atoms. The van der Waals surface area contributed by atoms with Crippen molar-refractivity contribution < 1.29 is 9.47 Å². The zero-order chi connectivity index (χ0) is 15.1. The van der Waals surface area contributed by atoms with E-state index in [1.807, 2.05) is 6.07 Å². The van der Waals surface area contributed by atoms with Crippen LogP contribution in [0.25, 0.3) is 0 Å². The summed E-state index contributed by atoms with van der Waals surface area (Å²) in [5.41, 5.74) is 1.25. The quantitative estimate of drug-likeness (QED) is 0.901. The van der Waals surface area contributed by atoms with Gasteiger partial charge >= 0.3 is 0 Å². The highest BCUT2D eigenvalue weighted by Crippen LogP contribution is 2.53. The minimum absolute atomic E-state index is 0.727. The van der Waals surface area contributed by atoms with Crippen LogP contribution in [-0.4, -0.2) is 20.3 Å². The second kappa shape index (κ2) is 5.77. The molecule has 4 bridgehead atoms. The van der Waals surface area contributed by atoms with E-state index >= 15 is 0 Å². The molecule has 0 atom stereocenters. The molecular weight excluding hydrogens is 274 g/mol. The smallest absolute Gasteiger partial charge is 0.122 e. The second-order valence-corrected chi connectivity index (χ2v) is 7.56. The van der Waals surface area contributed by atoms with Gasteiger partial charge in [0.05, 0.1) is 14.2 Å². The van der Waals surface area contributed by atoms with Crippen molar-refractivity contribution in [1.29, 1.82) is 0 Å². The van der Waals surface area contributed by atoms with Crippen LogP contribution in [0.2, 0.25) is 0 Å². The van der Waals surface area contributed by atoms with Gasteiger partial charge in [-0.1, -0.05) is 0 Å². The molecule has 4 fully saturated rings. The first kappa shape index (κ1) is 14.4. The number of hydrogen-bond donors (Lipinski definition) is 1. The van der Waals surface area contributed by atoms with Crippen molar-refractivity contribution >= 4 is 0 Å². The van der Waals surface area contributed by atoms with Crippen LogP contribution in [0.1, 0.15) is 37.7 Å². The van der Waals surface area contributed by atoms with Crippen LogP contribution in [0, 0.1) is 23.7 Å². The van der Waals surface area contributed by atoms with Crippen LogP contribution >= 0.6 is 0 Å². The van der Waals surface area contributed by atoms with Gasteiger partial charge in [-0.15, -0.1) is 0 Å². The summed E-state index contributed by atoms with van der Waals surface area (Å²) in [4.78, 5) is 0. The summed E-state index contributed by atoms with van der Waals surface area (Å²) in [5, 5.41) is 3.87. The zero-order valence-corrected chi connectivity index (χ0v) is 13.7. The van der Waals surface area contributed by atoms with Crippen molar-refractivity contribution in [3.63, 3.8) is 0 Å². The van der Waals surface area contributed by atoms with Gasteiger partial charge in [0.15, 0.2) is 0 Å². The van der Waals surface area contributed by atoms with Gasteiger partial charge in [-0.25, -0.2) is 0 Å². The molecule has 0 amide bonds. The molecule has 0 unspecified atom stereocenters. The van der Waals surface area contributed by atoms with E-state index < -0.39 is 0 Å². The van der Waals surface area contributed by atoms with Crippen LogP contribution in [0.15, 0.2) is 18.2 Å². The van der Waals surface area contributed by atoms with Crippen molar-refractivity contribution in [2.45, 2.75) is 44.7 Å². The molecule has 0 heterocycles. The van der Waals surface area contributed by atoms with E-state index in [9.17, 15) is 0 Å². The molecule has 0 aromatic heterocycles. The van der Waals surface area contributed by atoms with E-state index in [0.29, 0.717) is 0 Å². The third-order valence-corrected chi connectivity index (χ3v) is 6.18. The Balaban J connectivity index is 1.44. The van der Waals surface area contributed by atoms with E-state index in [1.54, 1.807) is 14.2 Å². The van der Waals surface area contributed by atoms with Crippen LogP contribution in [-0.2, 0) is 6.54 Å². The molecular formula is C19H27NO2. The third-order valence-electron chi connectivity index (χ3n) is 6.18. The Morgan fingerprint density at radius 3 is 1.91 bits per heavy atom. The molecule has 1 N–H and O–H groups in total. The molecule has 4 aliphatic carbocycles. The second-order valence-electron chi connectivity index (χ2n) is 7.56. The maximum Gasteiger partial charge on any atom is 0.122 e. The predicted molar refractivity (Wildman–Crippen MR) is 87.2 cm³/mol. The van der Waals surface area contributed by atoms with Gasteiger partial charge in [0.2, 0.25) is 0 Å². The number of nitrogens with one attached hydrogen (secondary N) is 1. The summed E-state index contributed by atoms with van der Waals surface area (Å²) in [7, 11) is 3.42. The van der Waals surface area contributed by atoms with E-state index in [1.165, 1.54) is 37.7 Å². The highest BCUT2D eigenvalue weighted by molar-refractivity contribution is 5.38. The molecule has 0 saturated heterocycles. The average molecular weight is 301 g/mol. The summed E-state index contributed by atoms with van der Waals surface area (Å²) in [6, 6.07) is 6.90. The molecule has 4 saturated carbocycles. The standard InChI is InChI=1S/C19H27NO2/c1-21-17-8-14(9-18(10-17)22-2)11-20-19-15-4-12-3-13(6-15)7-16(19)5-12/h8-10,12-13,15-16,19-20H,3-7,11H2,1-2H3. The van der Waals surface area contributed by atoms with Gasteiger partial charge in [0.1, 0.15) is 11.5 Å². The summed E-state index contributed by atoms with van der Waals surface area (Å²) < 4.78 is 10.8. The number of ether oxygens (including phenoxy) is 2. The topological polar surface area (TPSA) is 30.5 Å². The molecule has 3 nitrogen and oxygen atoms in total. The van der Waals surface area contributed by atoms with Crippen LogP contribution < -0.4 is 14.8 Å². The summed E-state index contributed by atoms with van der Waals surface area (Å²) in [6.45, 7) is 0.917. The highest BCUT2D eigenvalue weighted by Gasteiger charge is 2.47. The number of rotatable bonds is 5. The van der Waals surface area contributed by atoms with E-state index in [4.69, 9.17) is 9.47 Å². The first-order valence-electron chi connectivity index (χ1n) is 8.70. The number of benzene rings is 1. The van der Waals surface area contributed by atoms with Crippen LogP contribution in [0.4, 0.5) is 0 Å². The van der Waals surface area contributed by atoms with Gasteiger partial charge < -0.3 is 14.8 Å². The Hall–Kier alpha value is -1.22. The molecule has 3 heteroatoms. The molecule has 1 aromatic rings. The average Bonchev–Trinajstić information content (AvgIpc) is 2.53. The maximum absolute atomic E-state index is 5.38. The molecule has 5 rings (SSSR count). The van der Waals surface area contributed by atoms with Crippen LogP contribution in [0.5, 0.6) is 11.5 Å². The predicted octanol–water partition coefficient (Wildman–Crippen LogP) is 3.62. The SMILES string of the molecule is COc1cc(CNC2C3CC4CC(C3)CC2C4)cc(OC)c1. The maximum atomic E-state index is 5.38. The number of methoxy groups -OCH3 is 2. The Labute approximate surface area is 133 Å². The lowest BCUT2D eigenvalue weighted by Gasteiger charge is -2.54. The normalized spacial score (nSPS) is 35.6. The lowest BCUT2D eigenvalue weighted by Crippen LogP contribution is -2.54. The first-order valence-corrected chi connectivity index (χ1v) is 8.70. The highest BCUT2D eigenvalue weighted by atomic mass is 16.5. The first-order chi connectivity index (χ1) is 10.7.